The fraction of sp³-hybridized carbons (Fsp3) is 0.545. The van der Waals surface area contributed by atoms with Gasteiger partial charge in [0.1, 0.15) is 5.15 Å². The summed E-state index contributed by atoms with van der Waals surface area (Å²) < 4.78 is 0. The summed E-state index contributed by atoms with van der Waals surface area (Å²) in [5.41, 5.74) is 1.30. The van der Waals surface area contributed by atoms with Gasteiger partial charge in [0.2, 0.25) is 0 Å². The van der Waals surface area contributed by atoms with Crippen molar-refractivity contribution in [1.29, 1.82) is 0 Å². The zero-order chi connectivity index (χ0) is 10.1. The van der Waals surface area contributed by atoms with Crippen LogP contribution in [0.25, 0.3) is 0 Å². The standard InChI is InChI=1S/C11H16ClN/c1-8(11(2,3)4)9-6-5-7-10(12)13-9/h5-8H,1-4H3. The Kier molecular flexibility index (Phi) is 2.97. The molecule has 0 N–H and O–H groups in total. The van der Waals surface area contributed by atoms with Gasteiger partial charge in [-0.15, -0.1) is 0 Å². The number of pyridine rings is 1. The summed E-state index contributed by atoms with van der Waals surface area (Å²) in [5.74, 6) is 0.422. The van der Waals surface area contributed by atoms with Crippen LogP contribution >= 0.6 is 11.6 Å². The third-order valence-corrected chi connectivity index (χ3v) is 2.69. The Balaban J connectivity index is 2.96. The summed E-state index contributed by atoms with van der Waals surface area (Å²) >= 11 is 5.83. The Hall–Kier alpha value is -0.560. The van der Waals surface area contributed by atoms with E-state index < -0.39 is 0 Å². The minimum Gasteiger partial charge on any atom is -0.241 e. The normalized spacial score (nSPS) is 14.2. The second-order valence-electron chi connectivity index (χ2n) is 4.47. The highest BCUT2D eigenvalue weighted by Crippen LogP contribution is 2.33. The number of halogens is 1. The lowest BCUT2D eigenvalue weighted by Crippen LogP contribution is -2.16. The van der Waals surface area contributed by atoms with Crippen molar-refractivity contribution in [3.05, 3.63) is 29.0 Å². The van der Waals surface area contributed by atoms with Crippen LogP contribution < -0.4 is 0 Å². The highest BCUT2D eigenvalue weighted by molar-refractivity contribution is 6.29. The van der Waals surface area contributed by atoms with Crippen molar-refractivity contribution in [2.75, 3.05) is 0 Å². The van der Waals surface area contributed by atoms with Gasteiger partial charge in [-0.1, -0.05) is 45.4 Å². The Morgan fingerprint density at radius 1 is 1.31 bits per heavy atom. The van der Waals surface area contributed by atoms with E-state index in [9.17, 15) is 0 Å². The molecule has 0 radical (unpaired) electrons. The first-order chi connectivity index (χ1) is 5.91. The van der Waals surface area contributed by atoms with Crippen molar-refractivity contribution in [1.82, 2.24) is 4.98 Å². The maximum atomic E-state index is 5.83. The molecule has 0 aromatic carbocycles. The van der Waals surface area contributed by atoms with Crippen LogP contribution in [0.2, 0.25) is 5.15 Å². The molecule has 0 aliphatic heterocycles. The highest BCUT2D eigenvalue weighted by atomic mass is 35.5. The van der Waals surface area contributed by atoms with Gasteiger partial charge in [-0.05, 0) is 17.5 Å². The molecule has 1 aromatic rings. The van der Waals surface area contributed by atoms with Gasteiger partial charge >= 0.3 is 0 Å². The lowest BCUT2D eigenvalue weighted by Gasteiger charge is -2.26. The monoisotopic (exact) mass is 197 g/mol. The van der Waals surface area contributed by atoms with Crippen LogP contribution in [0.4, 0.5) is 0 Å². The lowest BCUT2D eigenvalue weighted by molar-refractivity contribution is 0.334. The second kappa shape index (κ2) is 3.67. The maximum Gasteiger partial charge on any atom is 0.129 e. The molecular weight excluding hydrogens is 182 g/mol. The zero-order valence-corrected chi connectivity index (χ0v) is 9.39. The van der Waals surface area contributed by atoms with E-state index >= 15 is 0 Å². The SMILES string of the molecule is CC(c1cccc(Cl)n1)C(C)(C)C. The molecular formula is C11H16ClN. The Morgan fingerprint density at radius 3 is 2.38 bits per heavy atom. The van der Waals surface area contributed by atoms with E-state index in [1.54, 1.807) is 6.07 Å². The van der Waals surface area contributed by atoms with Gasteiger partial charge in [-0.3, -0.25) is 0 Å². The molecule has 0 bridgehead atoms. The molecule has 1 unspecified atom stereocenters. The van der Waals surface area contributed by atoms with E-state index in [1.165, 1.54) is 0 Å². The van der Waals surface area contributed by atoms with Crippen LogP contribution in [0, 0.1) is 5.41 Å². The van der Waals surface area contributed by atoms with Crippen molar-refractivity contribution in [2.24, 2.45) is 5.41 Å². The molecule has 0 aliphatic rings. The molecule has 0 fully saturated rings. The van der Waals surface area contributed by atoms with Gasteiger partial charge in [0.15, 0.2) is 0 Å². The van der Waals surface area contributed by atoms with Crippen molar-refractivity contribution in [3.8, 4) is 0 Å². The minimum atomic E-state index is 0.234. The molecule has 0 saturated heterocycles. The first-order valence-corrected chi connectivity index (χ1v) is 4.91. The van der Waals surface area contributed by atoms with Crippen LogP contribution in [0.15, 0.2) is 18.2 Å². The number of rotatable bonds is 1. The van der Waals surface area contributed by atoms with E-state index in [2.05, 4.69) is 32.7 Å². The van der Waals surface area contributed by atoms with Crippen LogP contribution in [0.5, 0.6) is 0 Å². The van der Waals surface area contributed by atoms with Crippen LogP contribution in [-0.4, -0.2) is 4.98 Å². The zero-order valence-electron chi connectivity index (χ0n) is 8.63. The molecule has 72 valence electrons. The number of aromatic nitrogens is 1. The van der Waals surface area contributed by atoms with Crippen LogP contribution in [0.3, 0.4) is 0 Å². The van der Waals surface area contributed by atoms with Crippen molar-refractivity contribution in [2.45, 2.75) is 33.6 Å². The Labute approximate surface area is 85.1 Å². The van der Waals surface area contributed by atoms with E-state index in [0.717, 1.165) is 5.69 Å². The fourth-order valence-electron chi connectivity index (χ4n) is 1.11. The maximum absolute atomic E-state index is 5.83. The Bertz CT molecular complexity index is 288. The summed E-state index contributed by atoms with van der Waals surface area (Å²) in [6, 6.07) is 5.79. The highest BCUT2D eigenvalue weighted by Gasteiger charge is 2.22. The fourth-order valence-corrected chi connectivity index (χ4v) is 1.28. The quantitative estimate of drug-likeness (QED) is 0.623. The summed E-state index contributed by atoms with van der Waals surface area (Å²) in [4.78, 5) is 4.30. The average Bonchev–Trinajstić information content (AvgIpc) is 2.01. The van der Waals surface area contributed by atoms with Crippen LogP contribution in [0.1, 0.15) is 39.3 Å². The van der Waals surface area contributed by atoms with Gasteiger partial charge in [0.05, 0.1) is 0 Å². The van der Waals surface area contributed by atoms with E-state index in [-0.39, 0.29) is 5.41 Å². The van der Waals surface area contributed by atoms with E-state index in [1.807, 2.05) is 12.1 Å². The molecule has 1 rings (SSSR count). The molecule has 1 nitrogen and oxygen atoms in total. The predicted octanol–water partition coefficient (Wildman–Crippen LogP) is 3.88. The Morgan fingerprint density at radius 2 is 1.92 bits per heavy atom. The molecule has 1 aromatic heterocycles. The first kappa shape index (κ1) is 10.5. The predicted molar refractivity (Wildman–Crippen MR) is 57.1 cm³/mol. The molecule has 0 saturated carbocycles. The summed E-state index contributed by atoms with van der Waals surface area (Å²) in [7, 11) is 0. The van der Waals surface area contributed by atoms with Gasteiger partial charge in [-0.25, -0.2) is 4.98 Å². The number of nitrogens with zero attached hydrogens (tertiary/aromatic N) is 1. The smallest absolute Gasteiger partial charge is 0.129 e. The summed E-state index contributed by atoms with van der Waals surface area (Å²) in [6.45, 7) is 8.80. The first-order valence-electron chi connectivity index (χ1n) is 4.53. The van der Waals surface area contributed by atoms with Gasteiger partial charge in [0, 0.05) is 11.6 Å². The van der Waals surface area contributed by atoms with Crippen molar-refractivity contribution in [3.63, 3.8) is 0 Å². The second-order valence-corrected chi connectivity index (χ2v) is 4.86. The molecule has 0 amide bonds. The third kappa shape index (κ3) is 2.70. The molecule has 0 spiro atoms. The summed E-state index contributed by atoms with van der Waals surface area (Å²) in [6.07, 6.45) is 0. The molecule has 0 aliphatic carbocycles. The number of hydrogen-bond acceptors (Lipinski definition) is 1. The largest absolute Gasteiger partial charge is 0.241 e. The molecule has 13 heavy (non-hydrogen) atoms. The topological polar surface area (TPSA) is 12.9 Å². The van der Waals surface area contributed by atoms with Gasteiger partial charge in [-0.2, -0.15) is 0 Å². The third-order valence-electron chi connectivity index (χ3n) is 2.48. The minimum absolute atomic E-state index is 0.234. The van der Waals surface area contributed by atoms with Gasteiger partial charge < -0.3 is 0 Å². The van der Waals surface area contributed by atoms with Crippen molar-refractivity contribution >= 4 is 11.6 Å². The summed E-state index contributed by atoms with van der Waals surface area (Å²) in [5, 5.41) is 0.577. The average molecular weight is 198 g/mol. The molecule has 1 heterocycles. The van der Waals surface area contributed by atoms with Gasteiger partial charge in [0.25, 0.3) is 0 Å². The van der Waals surface area contributed by atoms with Crippen LogP contribution in [-0.2, 0) is 0 Å². The van der Waals surface area contributed by atoms with Crippen molar-refractivity contribution < 1.29 is 0 Å². The van der Waals surface area contributed by atoms with E-state index in [4.69, 9.17) is 11.6 Å². The lowest BCUT2D eigenvalue weighted by atomic mass is 9.80. The molecule has 1 atom stereocenters. The number of hydrogen-bond donors (Lipinski definition) is 0. The van der Waals surface area contributed by atoms with E-state index in [0.29, 0.717) is 11.1 Å². The molecule has 2 heteroatoms.